The minimum atomic E-state index is -1.31. The van der Waals surface area contributed by atoms with Crippen LogP contribution < -0.4 is 10.9 Å². The topological polar surface area (TPSA) is 145 Å². The first-order valence-corrected chi connectivity index (χ1v) is 15.8. The van der Waals surface area contributed by atoms with E-state index in [0.717, 1.165) is 4.90 Å². The van der Waals surface area contributed by atoms with E-state index < -0.39 is 41.2 Å². The third kappa shape index (κ3) is 10.7. The molecule has 1 aromatic carbocycles. The van der Waals surface area contributed by atoms with Crippen molar-refractivity contribution in [3.63, 3.8) is 0 Å². The number of anilines is 1. The number of hydrogen-bond donors (Lipinski definition) is 1. The molecule has 13 nitrogen and oxygen atoms in total. The Morgan fingerprint density at radius 2 is 1.69 bits per heavy atom. The van der Waals surface area contributed by atoms with Crippen molar-refractivity contribution in [1.29, 1.82) is 0 Å². The molecule has 2 aromatic heterocycles. The second-order valence-corrected chi connectivity index (χ2v) is 14.4. The maximum absolute atomic E-state index is 14.8. The standard InChI is InChI=1S/C35H47FN6O7/c1-34(2,3)20-23-18-24(36)17-22-19-25(42(28(22)23)33(47)49-35(4,5)6)21-41-16-15-37-29(31(41)45)38-30(44)26(48-32(46)40(9)10)13-11-12-14-27(43)39(7)8/h12,14-19,26H,11,13,20-21H2,1-10H3,(H,37,38,44)/b14-12+/t26-/m0/s1. The Balaban J connectivity index is 2.00. The van der Waals surface area contributed by atoms with E-state index in [-0.39, 0.29) is 36.5 Å². The van der Waals surface area contributed by atoms with E-state index in [2.05, 4.69) is 10.3 Å². The van der Waals surface area contributed by atoms with Gasteiger partial charge in [0.25, 0.3) is 11.5 Å². The molecule has 0 bridgehead atoms. The van der Waals surface area contributed by atoms with E-state index in [9.17, 15) is 28.4 Å². The van der Waals surface area contributed by atoms with E-state index in [1.165, 1.54) is 58.7 Å². The molecular formula is C35H47FN6O7. The molecule has 1 atom stereocenters. The van der Waals surface area contributed by atoms with E-state index in [0.29, 0.717) is 28.6 Å². The summed E-state index contributed by atoms with van der Waals surface area (Å²) < 4.78 is 28.5. The molecule has 1 N–H and O–H groups in total. The number of likely N-dealkylation sites (N-methyl/N-ethyl adjacent to an activating group) is 1. The fourth-order valence-electron chi connectivity index (χ4n) is 4.87. The molecule has 0 spiro atoms. The smallest absolute Gasteiger partial charge is 0.419 e. The third-order valence-corrected chi connectivity index (χ3v) is 7.00. The van der Waals surface area contributed by atoms with E-state index in [1.54, 1.807) is 47.0 Å². The van der Waals surface area contributed by atoms with Crippen LogP contribution in [0.5, 0.6) is 0 Å². The Morgan fingerprint density at radius 3 is 2.29 bits per heavy atom. The molecule has 0 saturated heterocycles. The van der Waals surface area contributed by atoms with E-state index in [4.69, 9.17) is 9.47 Å². The second kappa shape index (κ2) is 15.5. The number of fused-ring (bicyclic) bond motifs is 1. The number of amides is 3. The van der Waals surface area contributed by atoms with Crippen LogP contribution in [-0.2, 0) is 32.0 Å². The van der Waals surface area contributed by atoms with Crippen LogP contribution in [0, 0.1) is 11.2 Å². The van der Waals surface area contributed by atoms with Crippen LogP contribution in [0.4, 0.5) is 19.8 Å². The lowest BCUT2D eigenvalue weighted by Crippen LogP contribution is -2.38. The first kappa shape index (κ1) is 38.4. The largest absolute Gasteiger partial charge is 0.443 e. The minimum Gasteiger partial charge on any atom is -0.443 e. The zero-order valence-corrected chi connectivity index (χ0v) is 29.9. The molecule has 0 aliphatic heterocycles. The minimum absolute atomic E-state index is 0.0209. The summed E-state index contributed by atoms with van der Waals surface area (Å²) in [6.45, 7) is 11.1. The van der Waals surface area contributed by atoms with Crippen LogP contribution in [0.1, 0.15) is 65.6 Å². The number of halogens is 1. The zero-order valence-electron chi connectivity index (χ0n) is 29.9. The zero-order chi connectivity index (χ0) is 36.8. The molecule has 0 saturated carbocycles. The summed E-state index contributed by atoms with van der Waals surface area (Å²) in [5, 5.41) is 2.92. The first-order valence-electron chi connectivity index (χ1n) is 15.8. The summed E-state index contributed by atoms with van der Waals surface area (Å²) >= 11 is 0. The van der Waals surface area contributed by atoms with Crippen molar-refractivity contribution in [3.05, 3.63) is 70.2 Å². The molecule has 0 aliphatic carbocycles. The van der Waals surface area contributed by atoms with Crippen molar-refractivity contribution in [1.82, 2.24) is 23.9 Å². The van der Waals surface area contributed by atoms with Gasteiger partial charge in [0.1, 0.15) is 11.4 Å². The van der Waals surface area contributed by atoms with Gasteiger partial charge >= 0.3 is 12.2 Å². The van der Waals surface area contributed by atoms with E-state index in [1.807, 2.05) is 20.8 Å². The van der Waals surface area contributed by atoms with Gasteiger partial charge in [0.15, 0.2) is 11.9 Å². The van der Waals surface area contributed by atoms with Crippen molar-refractivity contribution in [3.8, 4) is 0 Å². The number of carbonyl (C=O) groups is 4. The molecule has 0 unspecified atom stereocenters. The number of nitrogens with one attached hydrogen (secondary N) is 1. The van der Waals surface area contributed by atoms with Crippen molar-refractivity contribution >= 4 is 40.7 Å². The molecule has 14 heteroatoms. The van der Waals surface area contributed by atoms with Crippen LogP contribution in [0.15, 0.2) is 47.5 Å². The summed E-state index contributed by atoms with van der Waals surface area (Å²) in [5.41, 5.74) is -0.362. The maximum Gasteiger partial charge on any atom is 0.419 e. The fraction of sp³-hybridized carbons (Fsp3) is 0.486. The number of benzene rings is 1. The average Bonchev–Trinajstić information content (AvgIpc) is 3.32. The van der Waals surface area contributed by atoms with E-state index >= 15 is 0 Å². The van der Waals surface area contributed by atoms with Crippen LogP contribution in [-0.4, -0.2) is 87.8 Å². The van der Waals surface area contributed by atoms with Gasteiger partial charge in [-0.15, -0.1) is 0 Å². The number of ether oxygens (including phenoxy) is 2. The van der Waals surface area contributed by atoms with Gasteiger partial charge in [0, 0.05) is 46.0 Å². The molecule has 0 fully saturated rings. The highest BCUT2D eigenvalue weighted by Crippen LogP contribution is 2.31. The number of rotatable bonds is 10. The Kier molecular flexibility index (Phi) is 12.1. The summed E-state index contributed by atoms with van der Waals surface area (Å²) in [4.78, 5) is 71.4. The van der Waals surface area contributed by atoms with Gasteiger partial charge in [-0.25, -0.2) is 23.5 Å². The molecule has 266 valence electrons. The van der Waals surface area contributed by atoms with Crippen molar-refractivity contribution in [2.45, 2.75) is 79.1 Å². The van der Waals surface area contributed by atoms with Gasteiger partial charge in [0.05, 0.1) is 17.8 Å². The second-order valence-electron chi connectivity index (χ2n) is 14.4. The molecular weight excluding hydrogens is 635 g/mol. The predicted octanol–water partition coefficient (Wildman–Crippen LogP) is 5.19. The monoisotopic (exact) mass is 682 g/mol. The maximum atomic E-state index is 14.8. The molecule has 0 aliphatic rings. The molecule has 3 rings (SSSR count). The SMILES string of the molecule is CN(C)C(=O)/C=C/CC[C@H](OC(=O)N(C)C)C(=O)Nc1nccn(Cc2cc3cc(F)cc(CC(C)(C)C)c3n2C(=O)OC(C)(C)C)c1=O. The fourth-order valence-corrected chi connectivity index (χ4v) is 4.87. The lowest BCUT2D eigenvalue weighted by molar-refractivity contribution is -0.125. The highest BCUT2D eigenvalue weighted by Gasteiger charge is 2.28. The normalized spacial score (nSPS) is 12.6. The average molecular weight is 683 g/mol. The van der Waals surface area contributed by atoms with Gasteiger partial charge < -0.3 is 29.2 Å². The highest BCUT2D eigenvalue weighted by atomic mass is 19.1. The molecule has 3 amide bonds. The quantitative estimate of drug-likeness (QED) is 0.288. The molecule has 0 radical (unpaired) electrons. The molecule has 2 heterocycles. The summed E-state index contributed by atoms with van der Waals surface area (Å²) in [7, 11) is 6.12. The van der Waals surface area contributed by atoms with Gasteiger partial charge in [-0.3, -0.25) is 14.4 Å². The summed E-state index contributed by atoms with van der Waals surface area (Å²) in [5.74, 6) is -1.84. The molecule has 49 heavy (non-hydrogen) atoms. The van der Waals surface area contributed by atoms with Crippen LogP contribution in [0.2, 0.25) is 0 Å². The van der Waals surface area contributed by atoms with Gasteiger partial charge in [0.2, 0.25) is 5.91 Å². The van der Waals surface area contributed by atoms with Crippen molar-refractivity contribution in [2.75, 3.05) is 33.5 Å². The van der Waals surface area contributed by atoms with Crippen molar-refractivity contribution in [2.24, 2.45) is 5.41 Å². The Labute approximate surface area is 285 Å². The Hall–Kier alpha value is -5.01. The predicted molar refractivity (Wildman–Crippen MR) is 184 cm³/mol. The lowest BCUT2D eigenvalue weighted by Gasteiger charge is -2.23. The summed E-state index contributed by atoms with van der Waals surface area (Å²) in [6.07, 6.45) is 3.52. The van der Waals surface area contributed by atoms with Crippen LogP contribution in [0.3, 0.4) is 0 Å². The summed E-state index contributed by atoms with van der Waals surface area (Å²) in [6, 6.07) is 4.36. The molecule has 3 aromatic rings. The Bertz CT molecular complexity index is 1790. The number of aromatic nitrogens is 3. The number of nitrogens with zero attached hydrogens (tertiary/aromatic N) is 5. The third-order valence-electron chi connectivity index (χ3n) is 7.00. The highest BCUT2D eigenvalue weighted by molar-refractivity contribution is 5.95. The van der Waals surface area contributed by atoms with Crippen molar-refractivity contribution < 1.29 is 33.0 Å². The Morgan fingerprint density at radius 1 is 1.02 bits per heavy atom. The number of carbonyl (C=O) groups excluding carboxylic acids is 4. The number of hydrogen-bond acceptors (Lipinski definition) is 8. The van der Waals surface area contributed by atoms with Crippen LogP contribution >= 0.6 is 0 Å². The van der Waals surface area contributed by atoms with Gasteiger partial charge in [-0.05, 0) is 75.3 Å². The lowest BCUT2D eigenvalue weighted by atomic mass is 9.87. The van der Waals surface area contributed by atoms with Crippen LogP contribution in [0.25, 0.3) is 10.9 Å². The number of allylic oxidation sites excluding steroid dienone is 1. The first-order chi connectivity index (χ1) is 22.7. The van der Waals surface area contributed by atoms with Gasteiger partial charge in [-0.2, -0.15) is 0 Å². The van der Waals surface area contributed by atoms with Gasteiger partial charge in [-0.1, -0.05) is 26.8 Å².